The highest BCUT2D eigenvalue weighted by Gasteiger charge is 2.20. The van der Waals surface area contributed by atoms with Crippen LogP contribution < -0.4 is 0 Å². The number of hydrogen-bond acceptors (Lipinski definition) is 4. The van der Waals surface area contributed by atoms with E-state index in [1.54, 1.807) is 0 Å². The minimum Gasteiger partial charge on any atom is -0.339 e. The van der Waals surface area contributed by atoms with Gasteiger partial charge in [0, 0.05) is 19.2 Å². The van der Waals surface area contributed by atoms with E-state index in [9.17, 15) is 14.9 Å². The Hall–Kier alpha value is -1.69. The highest BCUT2D eigenvalue weighted by Crippen LogP contribution is 2.20. The average Bonchev–Trinajstić information content (AvgIpc) is 2.30. The molecule has 1 heterocycles. The first-order chi connectivity index (χ1) is 8.01. The molecular formula is C10H12ClN3O3. The van der Waals surface area contributed by atoms with Crippen LogP contribution in [0.5, 0.6) is 0 Å². The number of nitrogens with zero attached hydrogens (tertiary/aromatic N) is 3. The Morgan fingerprint density at radius 2 is 2.12 bits per heavy atom. The van der Waals surface area contributed by atoms with Crippen molar-refractivity contribution in [2.75, 3.05) is 13.1 Å². The lowest BCUT2D eigenvalue weighted by molar-refractivity contribution is -0.385. The minimum atomic E-state index is -0.609. The Morgan fingerprint density at radius 3 is 2.59 bits per heavy atom. The van der Waals surface area contributed by atoms with Crippen LogP contribution in [0, 0.1) is 10.1 Å². The van der Waals surface area contributed by atoms with Crippen molar-refractivity contribution in [2.45, 2.75) is 13.8 Å². The van der Waals surface area contributed by atoms with E-state index < -0.39 is 4.92 Å². The number of pyridine rings is 1. The van der Waals surface area contributed by atoms with E-state index in [1.807, 2.05) is 13.8 Å². The third-order valence-electron chi connectivity index (χ3n) is 2.32. The van der Waals surface area contributed by atoms with Crippen molar-refractivity contribution in [3.05, 3.63) is 33.1 Å². The molecule has 0 aliphatic carbocycles. The van der Waals surface area contributed by atoms with Gasteiger partial charge >= 0.3 is 0 Å². The van der Waals surface area contributed by atoms with Crippen LogP contribution in [0.4, 0.5) is 5.69 Å². The van der Waals surface area contributed by atoms with E-state index in [2.05, 4.69) is 4.98 Å². The Kier molecular flexibility index (Phi) is 4.39. The Labute approximate surface area is 103 Å². The summed E-state index contributed by atoms with van der Waals surface area (Å²) >= 11 is 5.77. The van der Waals surface area contributed by atoms with Crippen LogP contribution in [0.1, 0.15) is 24.2 Å². The summed E-state index contributed by atoms with van der Waals surface area (Å²) in [5, 5.41) is 10.6. The summed E-state index contributed by atoms with van der Waals surface area (Å²) in [4.78, 5) is 27.1. The second-order valence-electron chi connectivity index (χ2n) is 3.27. The SMILES string of the molecule is CCN(CC)C(=O)c1cc([N+](=O)[O-])cnc1Cl. The Morgan fingerprint density at radius 1 is 1.53 bits per heavy atom. The predicted molar refractivity (Wildman–Crippen MR) is 63.2 cm³/mol. The zero-order valence-electron chi connectivity index (χ0n) is 9.51. The first kappa shape index (κ1) is 13.4. The maximum Gasteiger partial charge on any atom is 0.288 e. The summed E-state index contributed by atoms with van der Waals surface area (Å²) in [5.74, 6) is -0.351. The lowest BCUT2D eigenvalue weighted by Crippen LogP contribution is -2.30. The van der Waals surface area contributed by atoms with E-state index in [0.717, 1.165) is 12.3 Å². The summed E-state index contributed by atoms with van der Waals surface area (Å²) in [6.45, 7) is 4.66. The van der Waals surface area contributed by atoms with Gasteiger partial charge in [0.05, 0.1) is 10.5 Å². The Bertz CT molecular complexity index is 446. The predicted octanol–water partition coefficient (Wildman–Crippen LogP) is 2.13. The lowest BCUT2D eigenvalue weighted by Gasteiger charge is -2.18. The number of halogens is 1. The van der Waals surface area contributed by atoms with Gasteiger partial charge < -0.3 is 4.90 Å². The van der Waals surface area contributed by atoms with Gasteiger partial charge in [-0.25, -0.2) is 4.98 Å². The second kappa shape index (κ2) is 5.58. The standard InChI is InChI=1S/C10H12ClN3O3/c1-3-13(4-2)10(15)8-5-7(14(16)17)6-12-9(8)11/h5-6H,3-4H2,1-2H3. The van der Waals surface area contributed by atoms with Crippen LogP contribution >= 0.6 is 11.6 Å². The lowest BCUT2D eigenvalue weighted by atomic mass is 10.2. The van der Waals surface area contributed by atoms with Gasteiger partial charge in [0.25, 0.3) is 11.6 Å². The molecule has 7 heteroatoms. The van der Waals surface area contributed by atoms with Crippen LogP contribution in [0.15, 0.2) is 12.3 Å². The normalized spacial score (nSPS) is 10.1. The molecule has 17 heavy (non-hydrogen) atoms. The highest BCUT2D eigenvalue weighted by molar-refractivity contribution is 6.32. The first-order valence-corrected chi connectivity index (χ1v) is 5.48. The summed E-state index contributed by atoms with van der Waals surface area (Å²) < 4.78 is 0. The summed E-state index contributed by atoms with van der Waals surface area (Å²) in [6.07, 6.45) is 1.03. The third kappa shape index (κ3) is 2.91. The molecular weight excluding hydrogens is 246 g/mol. The van der Waals surface area contributed by atoms with E-state index in [1.165, 1.54) is 4.90 Å². The van der Waals surface area contributed by atoms with Gasteiger partial charge in [-0.05, 0) is 13.8 Å². The maximum atomic E-state index is 12.0. The second-order valence-corrected chi connectivity index (χ2v) is 3.62. The van der Waals surface area contributed by atoms with Crippen LogP contribution in [0.3, 0.4) is 0 Å². The molecule has 6 nitrogen and oxygen atoms in total. The van der Waals surface area contributed by atoms with Gasteiger partial charge in [-0.2, -0.15) is 0 Å². The number of carbonyl (C=O) groups excluding carboxylic acids is 1. The molecule has 0 atom stereocenters. The van der Waals surface area contributed by atoms with Crippen molar-refractivity contribution in [1.29, 1.82) is 0 Å². The summed E-state index contributed by atoms with van der Waals surface area (Å²) in [6, 6.07) is 1.15. The molecule has 0 spiro atoms. The zero-order chi connectivity index (χ0) is 13.0. The molecule has 92 valence electrons. The molecule has 0 aromatic carbocycles. The molecule has 0 bridgehead atoms. The fourth-order valence-corrected chi connectivity index (χ4v) is 1.55. The molecule has 0 N–H and O–H groups in total. The van der Waals surface area contributed by atoms with Crippen LogP contribution in [-0.2, 0) is 0 Å². The van der Waals surface area contributed by atoms with Gasteiger partial charge in [0.15, 0.2) is 0 Å². The molecule has 1 aromatic rings. The van der Waals surface area contributed by atoms with Crippen molar-refractivity contribution in [3.63, 3.8) is 0 Å². The van der Waals surface area contributed by atoms with Gasteiger partial charge in [0.1, 0.15) is 11.3 Å². The van der Waals surface area contributed by atoms with E-state index in [4.69, 9.17) is 11.6 Å². The fraction of sp³-hybridized carbons (Fsp3) is 0.400. The average molecular weight is 258 g/mol. The Balaban J connectivity index is 3.16. The maximum absolute atomic E-state index is 12.0. The van der Waals surface area contributed by atoms with Crippen molar-refractivity contribution in [3.8, 4) is 0 Å². The molecule has 1 aromatic heterocycles. The number of nitro groups is 1. The van der Waals surface area contributed by atoms with E-state index in [-0.39, 0.29) is 22.3 Å². The largest absolute Gasteiger partial charge is 0.339 e. The van der Waals surface area contributed by atoms with E-state index >= 15 is 0 Å². The molecule has 0 saturated carbocycles. The van der Waals surface area contributed by atoms with Gasteiger partial charge in [-0.1, -0.05) is 11.6 Å². The molecule has 0 fully saturated rings. The van der Waals surface area contributed by atoms with Crippen LogP contribution in [0.25, 0.3) is 0 Å². The highest BCUT2D eigenvalue weighted by atomic mass is 35.5. The molecule has 0 aliphatic heterocycles. The van der Waals surface area contributed by atoms with Crippen molar-refractivity contribution >= 4 is 23.2 Å². The van der Waals surface area contributed by atoms with Crippen molar-refractivity contribution in [1.82, 2.24) is 9.88 Å². The summed E-state index contributed by atoms with van der Waals surface area (Å²) in [5.41, 5.74) is -0.186. The third-order valence-corrected chi connectivity index (χ3v) is 2.62. The number of hydrogen-bond donors (Lipinski definition) is 0. The molecule has 0 saturated heterocycles. The van der Waals surface area contributed by atoms with Gasteiger partial charge in [-0.3, -0.25) is 14.9 Å². The quantitative estimate of drug-likeness (QED) is 0.470. The number of aromatic nitrogens is 1. The molecule has 1 rings (SSSR count). The van der Waals surface area contributed by atoms with Gasteiger partial charge in [0.2, 0.25) is 0 Å². The summed E-state index contributed by atoms with van der Waals surface area (Å²) in [7, 11) is 0. The topological polar surface area (TPSA) is 76.3 Å². The first-order valence-electron chi connectivity index (χ1n) is 5.10. The smallest absolute Gasteiger partial charge is 0.288 e. The van der Waals surface area contributed by atoms with Crippen molar-refractivity contribution in [2.24, 2.45) is 0 Å². The number of amides is 1. The monoisotopic (exact) mass is 257 g/mol. The molecule has 0 aliphatic rings. The van der Waals surface area contributed by atoms with Crippen LogP contribution in [-0.4, -0.2) is 33.8 Å². The fourth-order valence-electron chi connectivity index (χ4n) is 1.37. The van der Waals surface area contributed by atoms with Crippen molar-refractivity contribution < 1.29 is 9.72 Å². The van der Waals surface area contributed by atoms with Crippen LogP contribution in [0.2, 0.25) is 5.15 Å². The molecule has 1 amide bonds. The number of rotatable bonds is 4. The zero-order valence-corrected chi connectivity index (χ0v) is 10.3. The van der Waals surface area contributed by atoms with Gasteiger partial charge in [-0.15, -0.1) is 0 Å². The molecule has 0 unspecified atom stereocenters. The molecule has 0 radical (unpaired) electrons. The number of carbonyl (C=O) groups is 1. The van der Waals surface area contributed by atoms with E-state index in [0.29, 0.717) is 13.1 Å². The minimum absolute atomic E-state index is 0.0208.